The minimum atomic E-state index is -4.01. The molecule has 0 saturated heterocycles. The average Bonchev–Trinajstić information content (AvgIpc) is 1.25. The van der Waals surface area contributed by atoms with Crippen LogP contribution in [0.1, 0.15) is 0 Å². The maximum atomic E-state index is 8.57. The summed E-state index contributed by atoms with van der Waals surface area (Å²) in [6, 6.07) is 0. The summed E-state index contributed by atoms with van der Waals surface area (Å²) in [5.74, 6) is 0. The van der Waals surface area contributed by atoms with E-state index in [9.17, 15) is 0 Å². The Morgan fingerprint density at radius 3 is 0.556 bits per heavy atom. The summed E-state index contributed by atoms with van der Waals surface area (Å²) in [5, 5.41) is 0. The molecule has 9 heteroatoms. The van der Waals surface area contributed by atoms with Crippen LogP contribution in [0.2, 0.25) is 0 Å². The molecule has 0 spiro atoms. The van der Waals surface area contributed by atoms with E-state index in [2.05, 4.69) is 0 Å². The second-order valence-corrected chi connectivity index (χ2v) is 2.54. The van der Waals surface area contributed by atoms with Crippen LogP contribution in [0.25, 0.3) is 0 Å². The minimum absolute atomic E-state index is 0. The summed E-state index contributed by atoms with van der Waals surface area (Å²) in [6.45, 7) is 0. The van der Waals surface area contributed by atoms with Crippen molar-refractivity contribution in [3.63, 3.8) is 0 Å². The maximum absolute atomic E-state index is 8.57. The Morgan fingerprint density at radius 1 is 0.556 bits per heavy atom. The van der Waals surface area contributed by atoms with Crippen LogP contribution in [0, 0.1) is 0 Å². The molecule has 6 nitrogen and oxygen atoms in total. The Kier molecular flexibility index (Phi) is 23.7. The van der Waals surface area contributed by atoms with Gasteiger partial charge in [0.25, 0.3) is 42.1 Å². The zero-order chi connectivity index (χ0) is 7.15. The van der Waals surface area contributed by atoms with Crippen molar-refractivity contribution >= 4 is 0 Å². The third-order valence-corrected chi connectivity index (χ3v) is 0. The molecular formula is I2O6Zn. The molecular weight excluding hydrogens is 415 g/mol. The van der Waals surface area contributed by atoms with Crippen molar-refractivity contribution in [1.29, 1.82) is 0 Å². The van der Waals surface area contributed by atoms with Gasteiger partial charge in [0.2, 0.25) is 0 Å². The molecule has 0 unspecified atom stereocenters. The molecule has 0 amide bonds. The normalized spacial score (nSPS) is 8.00. The Labute approximate surface area is 81.4 Å². The van der Waals surface area contributed by atoms with E-state index >= 15 is 0 Å². The summed E-state index contributed by atoms with van der Waals surface area (Å²) < 4.78 is 51.4. The zero-order valence-electron chi connectivity index (χ0n) is 3.91. The van der Waals surface area contributed by atoms with Gasteiger partial charge in [0.1, 0.15) is 0 Å². The van der Waals surface area contributed by atoms with Crippen LogP contribution < -0.4 is 62.7 Å². The Hall–Kier alpha value is 1.84. The predicted octanol–water partition coefficient (Wildman–Crippen LogP) is -13.1. The number of hydrogen-bond acceptors (Lipinski definition) is 6. The maximum Gasteiger partial charge on any atom is 2.00 e. The second-order valence-electron chi connectivity index (χ2n) is 0.378. The molecule has 0 aliphatic rings. The predicted molar refractivity (Wildman–Crippen MR) is 0 cm³/mol. The first-order valence-corrected chi connectivity index (χ1v) is 6.21. The van der Waals surface area contributed by atoms with Gasteiger partial charge in [-0.25, -0.2) is 0 Å². The monoisotopic (exact) mass is 414 g/mol. The van der Waals surface area contributed by atoms with Crippen molar-refractivity contribution in [3.05, 3.63) is 0 Å². The van der Waals surface area contributed by atoms with Crippen LogP contribution in [0.15, 0.2) is 0 Å². The van der Waals surface area contributed by atoms with Gasteiger partial charge in [-0.2, -0.15) is 0 Å². The van der Waals surface area contributed by atoms with Gasteiger partial charge < -0.3 is 20.6 Å². The van der Waals surface area contributed by atoms with Gasteiger partial charge in [0.15, 0.2) is 0 Å². The fourth-order valence-electron chi connectivity index (χ4n) is 0. The molecule has 0 aromatic heterocycles. The quantitative estimate of drug-likeness (QED) is 0.285. The zero-order valence-corrected chi connectivity index (χ0v) is 11.2. The standard InChI is InChI=1S/2IO3.Zn/c2*2-1(3)4;/q2*-1;+2. The first kappa shape index (κ1) is 17.1. The van der Waals surface area contributed by atoms with Gasteiger partial charge in [-0.1, -0.05) is 0 Å². The minimum Gasteiger partial charge on any atom is -0.427 e. The van der Waals surface area contributed by atoms with Crippen LogP contribution in [0.3, 0.4) is 0 Å². The molecule has 52 valence electrons. The van der Waals surface area contributed by atoms with Crippen LogP contribution in [0.5, 0.6) is 0 Å². The van der Waals surface area contributed by atoms with E-state index in [0.29, 0.717) is 0 Å². The van der Waals surface area contributed by atoms with E-state index in [4.69, 9.17) is 20.6 Å². The molecule has 0 rings (SSSR count). The fraction of sp³-hybridized carbons (Fsp3) is 0. The van der Waals surface area contributed by atoms with Crippen LogP contribution in [-0.4, -0.2) is 0 Å². The third-order valence-electron chi connectivity index (χ3n) is 0. The molecule has 0 aromatic carbocycles. The number of hydrogen-bond donors (Lipinski definition) is 0. The number of halogens is 2. The van der Waals surface area contributed by atoms with Gasteiger partial charge in [-0.05, 0) is 0 Å². The Balaban J connectivity index is -0.0000000720. The van der Waals surface area contributed by atoms with E-state index in [1.807, 2.05) is 0 Å². The van der Waals surface area contributed by atoms with E-state index < -0.39 is 42.1 Å². The van der Waals surface area contributed by atoms with Gasteiger partial charge >= 0.3 is 19.5 Å². The van der Waals surface area contributed by atoms with Crippen LogP contribution in [0.4, 0.5) is 0 Å². The molecule has 0 atom stereocenters. The fourth-order valence-corrected chi connectivity index (χ4v) is 0. The molecule has 0 bridgehead atoms. The first-order valence-electron chi connectivity index (χ1n) is 0.926. The van der Waals surface area contributed by atoms with Crippen molar-refractivity contribution in [1.82, 2.24) is 0 Å². The molecule has 0 fully saturated rings. The first-order chi connectivity index (χ1) is 3.46. The van der Waals surface area contributed by atoms with Gasteiger partial charge in [-0.3, -0.25) is 0 Å². The van der Waals surface area contributed by atoms with Crippen molar-refractivity contribution in [3.8, 4) is 0 Å². The van der Waals surface area contributed by atoms with Crippen LogP contribution in [-0.2, 0) is 19.5 Å². The summed E-state index contributed by atoms with van der Waals surface area (Å²) in [6.07, 6.45) is 0. The topological polar surface area (TPSA) is 138 Å². The van der Waals surface area contributed by atoms with Gasteiger partial charge in [-0.15, -0.1) is 0 Å². The van der Waals surface area contributed by atoms with Crippen molar-refractivity contribution in [2.24, 2.45) is 0 Å². The third kappa shape index (κ3) is 178. The summed E-state index contributed by atoms with van der Waals surface area (Å²) in [5.41, 5.74) is 0. The van der Waals surface area contributed by atoms with E-state index in [1.54, 1.807) is 0 Å². The largest absolute Gasteiger partial charge is 2.00 e. The summed E-state index contributed by atoms with van der Waals surface area (Å²) in [4.78, 5) is 0. The van der Waals surface area contributed by atoms with Crippen molar-refractivity contribution in [2.45, 2.75) is 0 Å². The van der Waals surface area contributed by atoms with E-state index in [1.165, 1.54) is 0 Å². The van der Waals surface area contributed by atoms with Gasteiger partial charge in [0.05, 0.1) is 0 Å². The molecule has 0 aliphatic heterocycles. The Morgan fingerprint density at radius 2 is 0.556 bits per heavy atom. The summed E-state index contributed by atoms with van der Waals surface area (Å²) >= 11 is -8.03. The SMILES string of the molecule is [O-][I+2]([O-])[O-].[O-][I+2]([O-])[O-].[Zn+2]. The van der Waals surface area contributed by atoms with Crippen molar-refractivity contribution in [2.75, 3.05) is 0 Å². The average molecular weight is 415 g/mol. The van der Waals surface area contributed by atoms with E-state index in [0.717, 1.165) is 0 Å². The van der Waals surface area contributed by atoms with Crippen LogP contribution >= 0.6 is 0 Å². The van der Waals surface area contributed by atoms with Gasteiger partial charge in [0, 0.05) is 0 Å². The summed E-state index contributed by atoms with van der Waals surface area (Å²) in [7, 11) is 0. The molecule has 0 saturated carbocycles. The molecule has 0 aliphatic carbocycles. The molecule has 0 heterocycles. The smallest absolute Gasteiger partial charge is 0.427 e. The Bertz CT molecular complexity index is 26.5. The van der Waals surface area contributed by atoms with Crippen molar-refractivity contribution < 1.29 is 82.2 Å². The molecule has 0 aromatic rings. The molecule has 0 radical (unpaired) electrons. The molecule has 0 N–H and O–H groups in total. The molecule has 9 heavy (non-hydrogen) atoms. The number of rotatable bonds is 0. The second kappa shape index (κ2) is 12.5. The van der Waals surface area contributed by atoms with E-state index in [-0.39, 0.29) is 19.5 Å².